The molecule has 0 radical (unpaired) electrons. The molecule has 0 amide bonds. The topological polar surface area (TPSA) is 17.0 Å². The Bertz CT molecular complexity index is 537. The van der Waals surface area contributed by atoms with Gasteiger partial charge < -0.3 is 9.88 Å². The predicted molar refractivity (Wildman–Crippen MR) is 86.6 cm³/mol. The van der Waals surface area contributed by atoms with Crippen molar-refractivity contribution in [1.29, 1.82) is 0 Å². The van der Waals surface area contributed by atoms with Crippen molar-refractivity contribution in [2.75, 3.05) is 13.1 Å². The summed E-state index contributed by atoms with van der Waals surface area (Å²) in [5.41, 5.74) is 1.71. The van der Waals surface area contributed by atoms with Crippen LogP contribution in [0, 0.1) is 5.41 Å². The summed E-state index contributed by atoms with van der Waals surface area (Å²) in [5.74, 6) is 0. The van der Waals surface area contributed by atoms with Gasteiger partial charge in [-0.3, -0.25) is 0 Å². The van der Waals surface area contributed by atoms with E-state index in [-0.39, 0.29) is 0 Å². The van der Waals surface area contributed by atoms with Crippen LogP contribution in [0.25, 0.3) is 10.9 Å². The minimum atomic E-state index is 0.413. The lowest BCUT2D eigenvalue weighted by molar-refractivity contribution is 0.365. The summed E-state index contributed by atoms with van der Waals surface area (Å²) in [5, 5.41) is 4.82. The molecule has 1 aromatic carbocycles. The second-order valence-electron chi connectivity index (χ2n) is 6.25. The number of nitrogens with one attached hydrogen (secondary N) is 1. The highest BCUT2D eigenvalue weighted by Crippen LogP contribution is 2.25. The van der Waals surface area contributed by atoms with Crippen LogP contribution in [0.5, 0.6) is 0 Å². The number of halogens is 1. The van der Waals surface area contributed by atoms with Gasteiger partial charge in [0.25, 0.3) is 0 Å². The van der Waals surface area contributed by atoms with Gasteiger partial charge in [-0.15, -0.1) is 0 Å². The second-order valence-corrected chi connectivity index (χ2v) is 7.10. The fourth-order valence-corrected chi connectivity index (χ4v) is 2.76. The van der Waals surface area contributed by atoms with Crippen molar-refractivity contribution in [1.82, 2.24) is 9.88 Å². The third kappa shape index (κ3) is 4.08. The Kier molecular flexibility index (Phi) is 4.69. The molecule has 0 saturated heterocycles. The smallest absolute Gasteiger partial charge is 0.0492 e. The molecule has 0 spiro atoms. The SMILES string of the molecule is CC(C)(C)CCNCCn1cc(Br)c2ccccc21. The van der Waals surface area contributed by atoms with Crippen molar-refractivity contribution in [3.05, 3.63) is 34.9 Å². The Morgan fingerprint density at radius 3 is 2.63 bits per heavy atom. The fraction of sp³-hybridized carbons (Fsp3) is 0.500. The van der Waals surface area contributed by atoms with Gasteiger partial charge in [0.2, 0.25) is 0 Å². The first kappa shape index (κ1) is 14.6. The Balaban J connectivity index is 1.89. The number of benzene rings is 1. The van der Waals surface area contributed by atoms with Crippen LogP contribution >= 0.6 is 15.9 Å². The molecule has 1 heterocycles. The quantitative estimate of drug-likeness (QED) is 0.806. The highest BCUT2D eigenvalue weighted by molar-refractivity contribution is 9.10. The molecule has 0 bridgehead atoms. The zero-order chi connectivity index (χ0) is 13.9. The molecular weight excluding hydrogens is 300 g/mol. The van der Waals surface area contributed by atoms with Gasteiger partial charge >= 0.3 is 0 Å². The first-order chi connectivity index (χ1) is 8.97. The summed E-state index contributed by atoms with van der Waals surface area (Å²) in [4.78, 5) is 0. The maximum Gasteiger partial charge on any atom is 0.0492 e. The van der Waals surface area contributed by atoms with Gasteiger partial charge in [-0.2, -0.15) is 0 Å². The van der Waals surface area contributed by atoms with Crippen LogP contribution in [0.2, 0.25) is 0 Å². The summed E-state index contributed by atoms with van der Waals surface area (Å²) in [6.07, 6.45) is 3.39. The lowest BCUT2D eigenvalue weighted by Gasteiger charge is -2.18. The van der Waals surface area contributed by atoms with E-state index < -0.39 is 0 Å². The molecule has 2 aromatic rings. The number of aromatic nitrogens is 1. The van der Waals surface area contributed by atoms with Crippen molar-refractivity contribution >= 4 is 26.8 Å². The van der Waals surface area contributed by atoms with Gasteiger partial charge in [-0.1, -0.05) is 39.0 Å². The van der Waals surface area contributed by atoms with Crippen molar-refractivity contribution in [2.45, 2.75) is 33.7 Å². The third-order valence-electron chi connectivity index (χ3n) is 3.32. The van der Waals surface area contributed by atoms with Crippen LogP contribution in [-0.2, 0) is 6.54 Å². The molecule has 2 nitrogen and oxygen atoms in total. The molecule has 1 N–H and O–H groups in total. The molecule has 1 aromatic heterocycles. The monoisotopic (exact) mass is 322 g/mol. The molecular formula is C16H23BrN2. The lowest BCUT2D eigenvalue weighted by atomic mass is 9.92. The van der Waals surface area contributed by atoms with E-state index in [0.717, 1.165) is 19.6 Å². The van der Waals surface area contributed by atoms with E-state index >= 15 is 0 Å². The number of nitrogens with zero attached hydrogens (tertiary/aromatic N) is 1. The van der Waals surface area contributed by atoms with E-state index in [1.807, 2.05) is 0 Å². The molecule has 19 heavy (non-hydrogen) atoms. The van der Waals surface area contributed by atoms with Crippen LogP contribution < -0.4 is 5.32 Å². The predicted octanol–water partition coefficient (Wildman–Crippen LogP) is 4.43. The first-order valence-electron chi connectivity index (χ1n) is 6.91. The molecule has 0 aliphatic rings. The van der Waals surface area contributed by atoms with Crippen molar-refractivity contribution in [3.63, 3.8) is 0 Å². The van der Waals surface area contributed by atoms with E-state index in [9.17, 15) is 0 Å². The van der Waals surface area contributed by atoms with Gasteiger partial charge in [0.05, 0.1) is 0 Å². The lowest BCUT2D eigenvalue weighted by Crippen LogP contribution is -2.24. The van der Waals surface area contributed by atoms with Gasteiger partial charge in [-0.25, -0.2) is 0 Å². The molecule has 0 saturated carbocycles. The van der Waals surface area contributed by atoms with Crippen LogP contribution in [0.1, 0.15) is 27.2 Å². The average molecular weight is 323 g/mol. The van der Waals surface area contributed by atoms with Crippen LogP contribution in [0.4, 0.5) is 0 Å². The van der Waals surface area contributed by atoms with E-state index in [2.05, 4.69) is 77.0 Å². The Labute approximate surface area is 124 Å². The number of hydrogen-bond donors (Lipinski definition) is 1. The highest BCUT2D eigenvalue weighted by atomic mass is 79.9. The zero-order valence-electron chi connectivity index (χ0n) is 12.0. The van der Waals surface area contributed by atoms with Crippen molar-refractivity contribution in [3.8, 4) is 0 Å². The average Bonchev–Trinajstić information content (AvgIpc) is 2.65. The molecule has 0 fully saturated rings. The van der Waals surface area contributed by atoms with Crippen LogP contribution in [0.15, 0.2) is 34.9 Å². The number of para-hydroxylation sites is 1. The number of fused-ring (bicyclic) bond motifs is 1. The minimum absolute atomic E-state index is 0.413. The normalized spacial score (nSPS) is 12.2. The first-order valence-corrected chi connectivity index (χ1v) is 7.71. The summed E-state index contributed by atoms with van der Waals surface area (Å²) >= 11 is 3.63. The molecule has 0 atom stereocenters. The van der Waals surface area contributed by atoms with E-state index in [0.29, 0.717) is 5.41 Å². The van der Waals surface area contributed by atoms with Crippen LogP contribution in [0.3, 0.4) is 0 Å². The number of hydrogen-bond acceptors (Lipinski definition) is 1. The molecule has 104 valence electrons. The van der Waals surface area contributed by atoms with E-state index in [1.54, 1.807) is 0 Å². The van der Waals surface area contributed by atoms with Gasteiger partial charge in [0, 0.05) is 34.7 Å². The molecule has 2 rings (SSSR count). The maximum atomic E-state index is 3.63. The Morgan fingerprint density at radius 1 is 1.16 bits per heavy atom. The number of rotatable bonds is 5. The van der Waals surface area contributed by atoms with E-state index in [4.69, 9.17) is 0 Å². The summed E-state index contributed by atoms with van der Waals surface area (Å²) in [6, 6.07) is 8.51. The highest BCUT2D eigenvalue weighted by Gasteiger charge is 2.09. The molecule has 0 unspecified atom stereocenters. The molecule has 0 aliphatic heterocycles. The maximum absolute atomic E-state index is 3.63. The minimum Gasteiger partial charge on any atom is -0.345 e. The standard InChI is InChI=1S/C16H23BrN2/c1-16(2,3)8-9-18-10-11-19-12-14(17)13-6-4-5-7-15(13)19/h4-7,12,18H,8-11H2,1-3H3. The van der Waals surface area contributed by atoms with E-state index in [1.165, 1.54) is 21.8 Å². The fourth-order valence-electron chi connectivity index (χ4n) is 2.17. The summed E-state index contributed by atoms with van der Waals surface area (Å²) in [7, 11) is 0. The second kappa shape index (κ2) is 6.10. The zero-order valence-corrected chi connectivity index (χ0v) is 13.6. The van der Waals surface area contributed by atoms with Gasteiger partial charge in [-0.05, 0) is 40.4 Å². The van der Waals surface area contributed by atoms with Crippen molar-refractivity contribution in [2.24, 2.45) is 5.41 Å². The van der Waals surface area contributed by atoms with Crippen molar-refractivity contribution < 1.29 is 0 Å². The Hall–Kier alpha value is -0.800. The van der Waals surface area contributed by atoms with Crippen LogP contribution in [-0.4, -0.2) is 17.7 Å². The largest absolute Gasteiger partial charge is 0.345 e. The summed E-state index contributed by atoms with van der Waals surface area (Å²) < 4.78 is 3.49. The summed E-state index contributed by atoms with van der Waals surface area (Å²) in [6.45, 7) is 9.96. The third-order valence-corrected chi connectivity index (χ3v) is 3.95. The molecule has 0 aliphatic carbocycles. The van der Waals surface area contributed by atoms with Gasteiger partial charge in [0.1, 0.15) is 0 Å². The Morgan fingerprint density at radius 2 is 1.89 bits per heavy atom. The van der Waals surface area contributed by atoms with Gasteiger partial charge in [0.15, 0.2) is 0 Å². The molecule has 3 heteroatoms.